The lowest BCUT2D eigenvalue weighted by molar-refractivity contribution is -0.126. The fraction of sp³-hybridized carbons (Fsp3) is 0.500. The summed E-state index contributed by atoms with van der Waals surface area (Å²) in [6.07, 6.45) is 3.61. The van der Waals surface area contributed by atoms with E-state index in [1.54, 1.807) is 11.3 Å². The van der Waals surface area contributed by atoms with Crippen LogP contribution < -0.4 is 0 Å². The minimum Gasteiger partial charge on any atom is -0.362 e. The number of ether oxygens (including phenoxy) is 1. The van der Waals surface area contributed by atoms with Crippen LogP contribution >= 0.6 is 22.9 Å². The minimum atomic E-state index is -0.227. The van der Waals surface area contributed by atoms with Gasteiger partial charge in [-0.2, -0.15) is 0 Å². The summed E-state index contributed by atoms with van der Waals surface area (Å²) in [7, 11) is 0. The highest BCUT2D eigenvalue weighted by molar-refractivity contribution is 7.10. The average Bonchev–Trinajstić information content (AvgIpc) is 2.65. The molecule has 2 nitrogen and oxygen atoms in total. The van der Waals surface area contributed by atoms with E-state index in [1.165, 1.54) is 0 Å². The molecule has 0 aromatic carbocycles. The molecule has 4 heteroatoms. The largest absolute Gasteiger partial charge is 0.362 e. The molecule has 0 radical (unpaired) electrons. The smallest absolute Gasteiger partial charge is 0.148 e. The Morgan fingerprint density at radius 2 is 2.43 bits per heavy atom. The van der Waals surface area contributed by atoms with Crippen molar-refractivity contribution in [3.63, 3.8) is 0 Å². The van der Waals surface area contributed by atoms with Gasteiger partial charge in [0.2, 0.25) is 0 Å². The molecule has 2 unspecified atom stereocenters. The second-order valence-corrected chi connectivity index (χ2v) is 4.78. The van der Waals surface area contributed by atoms with Crippen molar-refractivity contribution in [3.05, 3.63) is 21.3 Å². The SMILES string of the molecule is O=CC1CCCC(c2cc(Cl)cs2)O1. The normalized spacial score (nSPS) is 27.5. The average molecular weight is 231 g/mol. The Balaban J connectivity index is 2.07. The highest BCUT2D eigenvalue weighted by Gasteiger charge is 2.24. The first kappa shape index (κ1) is 10.1. The van der Waals surface area contributed by atoms with Crippen LogP contribution in [0.2, 0.25) is 5.02 Å². The number of hydrogen-bond donors (Lipinski definition) is 0. The Morgan fingerprint density at radius 1 is 1.57 bits per heavy atom. The van der Waals surface area contributed by atoms with Gasteiger partial charge in [0.05, 0.1) is 11.1 Å². The van der Waals surface area contributed by atoms with Crippen molar-refractivity contribution in [2.24, 2.45) is 0 Å². The predicted molar refractivity (Wildman–Crippen MR) is 56.9 cm³/mol. The van der Waals surface area contributed by atoms with Crippen LogP contribution in [0.1, 0.15) is 30.2 Å². The van der Waals surface area contributed by atoms with Crippen LogP contribution in [0, 0.1) is 0 Å². The van der Waals surface area contributed by atoms with Gasteiger partial charge in [0.25, 0.3) is 0 Å². The van der Waals surface area contributed by atoms with Crippen LogP contribution in [0.4, 0.5) is 0 Å². The van der Waals surface area contributed by atoms with Crippen LogP contribution in [0.5, 0.6) is 0 Å². The molecular weight excluding hydrogens is 220 g/mol. The molecule has 1 saturated heterocycles. The maximum Gasteiger partial charge on any atom is 0.148 e. The van der Waals surface area contributed by atoms with Crippen molar-refractivity contribution in [1.29, 1.82) is 0 Å². The summed E-state index contributed by atoms with van der Waals surface area (Å²) in [6, 6.07) is 1.92. The van der Waals surface area contributed by atoms with Gasteiger partial charge in [0, 0.05) is 10.3 Å². The van der Waals surface area contributed by atoms with E-state index < -0.39 is 0 Å². The van der Waals surface area contributed by atoms with Gasteiger partial charge in [0.15, 0.2) is 0 Å². The van der Waals surface area contributed by atoms with Gasteiger partial charge in [-0.05, 0) is 25.3 Å². The van der Waals surface area contributed by atoms with Crippen molar-refractivity contribution in [1.82, 2.24) is 0 Å². The van der Waals surface area contributed by atoms with Gasteiger partial charge in [-0.1, -0.05) is 11.6 Å². The van der Waals surface area contributed by atoms with E-state index in [9.17, 15) is 4.79 Å². The maximum atomic E-state index is 10.6. The Kier molecular flexibility index (Phi) is 3.21. The fourth-order valence-corrected chi connectivity index (χ4v) is 2.81. The van der Waals surface area contributed by atoms with E-state index >= 15 is 0 Å². The van der Waals surface area contributed by atoms with Gasteiger partial charge >= 0.3 is 0 Å². The predicted octanol–water partition coefficient (Wildman–Crippen LogP) is 3.21. The number of rotatable bonds is 2. The van der Waals surface area contributed by atoms with Crippen LogP contribution in [0.15, 0.2) is 11.4 Å². The molecule has 1 aliphatic heterocycles. The highest BCUT2D eigenvalue weighted by Crippen LogP contribution is 2.35. The number of aldehydes is 1. The zero-order valence-electron chi connectivity index (χ0n) is 7.61. The molecule has 1 aromatic heterocycles. The van der Waals surface area contributed by atoms with Gasteiger partial charge in [-0.3, -0.25) is 0 Å². The number of carbonyl (C=O) groups excluding carboxylic acids is 1. The zero-order valence-corrected chi connectivity index (χ0v) is 9.18. The summed E-state index contributed by atoms with van der Waals surface area (Å²) in [5, 5.41) is 2.65. The van der Waals surface area contributed by atoms with Crippen LogP contribution in [0.3, 0.4) is 0 Å². The first-order chi connectivity index (χ1) is 6.79. The van der Waals surface area contributed by atoms with E-state index in [-0.39, 0.29) is 12.2 Å². The third kappa shape index (κ3) is 2.16. The molecule has 0 saturated carbocycles. The molecule has 14 heavy (non-hydrogen) atoms. The fourth-order valence-electron chi connectivity index (χ4n) is 1.66. The number of halogens is 1. The number of thiophene rings is 1. The van der Waals surface area contributed by atoms with E-state index in [1.807, 2.05) is 11.4 Å². The van der Waals surface area contributed by atoms with Crippen molar-refractivity contribution in [2.75, 3.05) is 0 Å². The first-order valence-corrected chi connectivity index (χ1v) is 5.90. The molecule has 1 aromatic rings. The second-order valence-electron chi connectivity index (χ2n) is 3.40. The van der Waals surface area contributed by atoms with Crippen LogP contribution in [0.25, 0.3) is 0 Å². The van der Waals surface area contributed by atoms with Crippen molar-refractivity contribution < 1.29 is 9.53 Å². The van der Waals surface area contributed by atoms with Crippen LogP contribution in [-0.4, -0.2) is 12.4 Å². The third-order valence-electron chi connectivity index (χ3n) is 2.35. The molecule has 2 heterocycles. The second kappa shape index (κ2) is 4.43. The van der Waals surface area contributed by atoms with Crippen molar-refractivity contribution in [3.8, 4) is 0 Å². The lowest BCUT2D eigenvalue weighted by atomic mass is 10.0. The van der Waals surface area contributed by atoms with Crippen LogP contribution in [-0.2, 0) is 9.53 Å². The first-order valence-electron chi connectivity index (χ1n) is 4.64. The molecule has 0 amide bonds. The third-order valence-corrected chi connectivity index (χ3v) is 3.72. The van der Waals surface area contributed by atoms with E-state index in [0.717, 1.165) is 35.4 Å². The molecule has 0 aliphatic carbocycles. The molecule has 2 rings (SSSR count). The standard InChI is InChI=1S/C10H11ClO2S/c11-7-4-10(14-6-7)9-3-1-2-8(5-12)13-9/h4-6,8-9H,1-3H2. The van der Waals surface area contributed by atoms with Gasteiger partial charge in [-0.25, -0.2) is 0 Å². The van der Waals surface area contributed by atoms with Crippen molar-refractivity contribution >= 4 is 29.2 Å². The van der Waals surface area contributed by atoms with Crippen molar-refractivity contribution in [2.45, 2.75) is 31.5 Å². The van der Waals surface area contributed by atoms with E-state index in [4.69, 9.17) is 16.3 Å². The Labute approximate surface area is 91.8 Å². The summed E-state index contributed by atoms with van der Waals surface area (Å²) in [4.78, 5) is 11.7. The molecule has 0 spiro atoms. The molecule has 1 fully saturated rings. The Morgan fingerprint density at radius 3 is 3.07 bits per heavy atom. The Bertz CT molecular complexity index is 324. The number of hydrogen-bond acceptors (Lipinski definition) is 3. The van der Waals surface area contributed by atoms with E-state index in [0.29, 0.717) is 0 Å². The quantitative estimate of drug-likeness (QED) is 0.730. The van der Waals surface area contributed by atoms with E-state index in [2.05, 4.69) is 0 Å². The summed E-state index contributed by atoms with van der Waals surface area (Å²) >= 11 is 7.43. The highest BCUT2D eigenvalue weighted by atomic mass is 35.5. The maximum absolute atomic E-state index is 10.6. The van der Waals surface area contributed by atoms with Gasteiger partial charge in [-0.15, -0.1) is 11.3 Å². The summed E-state index contributed by atoms with van der Waals surface area (Å²) in [5.74, 6) is 0. The number of carbonyl (C=O) groups is 1. The Hall–Kier alpha value is -0.380. The molecule has 76 valence electrons. The summed E-state index contributed by atoms with van der Waals surface area (Å²) in [5.41, 5.74) is 0. The van der Waals surface area contributed by atoms with Gasteiger partial charge < -0.3 is 9.53 Å². The minimum absolute atomic E-state index is 0.0662. The molecule has 0 bridgehead atoms. The summed E-state index contributed by atoms with van der Waals surface area (Å²) < 4.78 is 5.62. The monoisotopic (exact) mass is 230 g/mol. The molecule has 2 atom stereocenters. The lowest BCUT2D eigenvalue weighted by Gasteiger charge is -2.25. The molecular formula is C10H11ClO2S. The zero-order chi connectivity index (χ0) is 9.97. The molecule has 0 N–H and O–H groups in total. The lowest BCUT2D eigenvalue weighted by Crippen LogP contribution is -2.22. The van der Waals surface area contributed by atoms with Gasteiger partial charge in [0.1, 0.15) is 12.4 Å². The topological polar surface area (TPSA) is 26.3 Å². The molecule has 1 aliphatic rings. The summed E-state index contributed by atoms with van der Waals surface area (Å²) in [6.45, 7) is 0.